The summed E-state index contributed by atoms with van der Waals surface area (Å²) in [6.07, 6.45) is 1.14. The number of nitrogens with one attached hydrogen (secondary N) is 1. The van der Waals surface area contributed by atoms with Gasteiger partial charge in [0.25, 0.3) is 0 Å². The lowest BCUT2D eigenvalue weighted by molar-refractivity contribution is 0.337. The number of hydrogen-bond donors (Lipinski definition) is 1. The molecule has 21 heavy (non-hydrogen) atoms. The van der Waals surface area contributed by atoms with Gasteiger partial charge in [0, 0.05) is 25.5 Å². The number of nitrogens with zero attached hydrogens (tertiary/aromatic N) is 1. The Morgan fingerprint density at radius 1 is 1.00 bits per heavy atom. The molecule has 1 atom stereocenters. The first-order valence-corrected chi connectivity index (χ1v) is 7.59. The van der Waals surface area contributed by atoms with Crippen molar-refractivity contribution in [2.45, 2.75) is 26.3 Å². The zero-order valence-electron chi connectivity index (χ0n) is 13.4. The van der Waals surface area contributed by atoms with E-state index < -0.39 is 0 Å². The molecule has 3 rings (SSSR count). The van der Waals surface area contributed by atoms with Crippen LogP contribution in [0.2, 0.25) is 0 Å². The molecule has 0 amide bonds. The normalized spacial score (nSPS) is 19.1. The van der Waals surface area contributed by atoms with Gasteiger partial charge in [-0.05, 0) is 47.2 Å². The molecular weight excluding hydrogens is 256 g/mol. The van der Waals surface area contributed by atoms with Crippen LogP contribution in [0.5, 0.6) is 0 Å². The summed E-state index contributed by atoms with van der Waals surface area (Å²) in [4.78, 5) is 2.12. The van der Waals surface area contributed by atoms with Crippen molar-refractivity contribution in [3.63, 3.8) is 0 Å². The fourth-order valence-electron chi connectivity index (χ4n) is 3.29. The Labute approximate surface area is 127 Å². The fourth-order valence-corrected chi connectivity index (χ4v) is 3.29. The maximum absolute atomic E-state index is 3.73. The van der Waals surface area contributed by atoms with Gasteiger partial charge >= 0.3 is 0 Å². The Balaban J connectivity index is 1.86. The van der Waals surface area contributed by atoms with E-state index in [0.29, 0.717) is 6.04 Å². The maximum Gasteiger partial charge on any atom is 0.0570 e. The minimum Gasteiger partial charge on any atom is -0.378 e. The van der Waals surface area contributed by atoms with Crippen molar-refractivity contribution in [1.82, 2.24) is 0 Å². The lowest BCUT2D eigenvalue weighted by Crippen LogP contribution is -2.24. The van der Waals surface area contributed by atoms with Crippen molar-refractivity contribution in [2.75, 3.05) is 24.3 Å². The van der Waals surface area contributed by atoms with Crippen molar-refractivity contribution in [3.05, 3.63) is 59.7 Å². The zero-order valence-corrected chi connectivity index (χ0v) is 13.4. The van der Waals surface area contributed by atoms with E-state index in [-0.39, 0.29) is 5.41 Å². The fraction of sp³-hybridized carbons (Fsp3) is 0.368. The molecule has 110 valence electrons. The Morgan fingerprint density at radius 2 is 1.67 bits per heavy atom. The van der Waals surface area contributed by atoms with Gasteiger partial charge in [-0.1, -0.05) is 38.1 Å². The van der Waals surface area contributed by atoms with E-state index in [2.05, 4.69) is 86.7 Å². The molecule has 0 saturated heterocycles. The van der Waals surface area contributed by atoms with Crippen LogP contribution in [0.1, 0.15) is 31.0 Å². The van der Waals surface area contributed by atoms with Crippen LogP contribution < -0.4 is 10.2 Å². The van der Waals surface area contributed by atoms with Crippen LogP contribution in [0.4, 0.5) is 11.4 Å². The predicted molar refractivity (Wildman–Crippen MR) is 91.1 cm³/mol. The first-order chi connectivity index (χ1) is 9.97. The Bertz CT molecular complexity index is 626. The number of anilines is 2. The molecule has 0 bridgehead atoms. The monoisotopic (exact) mass is 280 g/mol. The highest BCUT2D eigenvalue weighted by Crippen LogP contribution is 2.46. The molecule has 2 nitrogen and oxygen atoms in total. The molecule has 0 heterocycles. The molecule has 0 aromatic heterocycles. The summed E-state index contributed by atoms with van der Waals surface area (Å²) in [6.45, 7) is 4.69. The van der Waals surface area contributed by atoms with E-state index in [1.165, 1.54) is 22.5 Å². The van der Waals surface area contributed by atoms with E-state index in [1.807, 2.05) is 0 Å². The van der Waals surface area contributed by atoms with Gasteiger partial charge in [-0.15, -0.1) is 0 Å². The van der Waals surface area contributed by atoms with Gasteiger partial charge in [0.15, 0.2) is 0 Å². The third-order valence-corrected chi connectivity index (χ3v) is 4.49. The number of hydrogen-bond acceptors (Lipinski definition) is 2. The third kappa shape index (κ3) is 2.63. The maximum atomic E-state index is 3.73. The molecule has 0 radical (unpaired) electrons. The summed E-state index contributed by atoms with van der Waals surface area (Å²) in [5, 5.41) is 3.73. The highest BCUT2D eigenvalue weighted by molar-refractivity contribution is 5.56. The van der Waals surface area contributed by atoms with Crippen molar-refractivity contribution < 1.29 is 0 Å². The standard InChI is InChI=1S/C19H24N2/c1-19(2)13-14-7-5-6-8-17(14)18(19)20-15-9-11-16(12-10-15)21(3)4/h5-12,18,20H,13H2,1-4H3. The number of benzene rings is 2. The summed E-state index contributed by atoms with van der Waals surface area (Å²) in [5.74, 6) is 0. The van der Waals surface area contributed by atoms with Gasteiger partial charge in [-0.25, -0.2) is 0 Å². The van der Waals surface area contributed by atoms with E-state index in [4.69, 9.17) is 0 Å². The smallest absolute Gasteiger partial charge is 0.0570 e. The van der Waals surface area contributed by atoms with E-state index in [0.717, 1.165) is 6.42 Å². The van der Waals surface area contributed by atoms with Gasteiger partial charge in [-0.3, -0.25) is 0 Å². The van der Waals surface area contributed by atoms with E-state index >= 15 is 0 Å². The van der Waals surface area contributed by atoms with Crippen LogP contribution in [0, 0.1) is 5.41 Å². The first kappa shape index (κ1) is 14.0. The summed E-state index contributed by atoms with van der Waals surface area (Å²) in [6, 6.07) is 17.8. The van der Waals surface area contributed by atoms with Gasteiger partial charge in [0.05, 0.1) is 6.04 Å². The van der Waals surface area contributed by atoms with Gasteiger partial charge in [0.1, 0.15) is 0 Å². The molecule has 2 aromatic carbocycles. The third-order valence-electron chi connectivity index (χ3n) is 4.49. The Hall–Kier alpha value is -1.96. The number of rotatable bonds is 3. The van der Waals surface area contributed by atoms with Crippen LogP contribution in [0.3, 0.4) is 0 Å². The van der Waals surface area contributed by atoms with Crippen LogP contribution in [-0.4, -0.2) is 14.1 Å². The lowest BCUT2D eigenvalue weighted by Gasteiger charge is -2.29. The van der Waals surface area contributed by atoms with Crippen LogP contribution in [-0.2, 0) is 6.42 Å². The van der Waals surface area contributed by atoms with Crippen LogP contribution >= 0.6 is 0 Å². The molecule has 0 saturated carbocycles. The molecular formula is C19H24N2. The summed E-state index contributed by atoms with van der Waals surface area (Å²) in [7, 11) is 4.14. The Morgan fingerprint density at radius 3 is 2.33 bits per heavy atom. The van der Waals surface area contributed by atoms with Crippen molar-refractivity contribution in [3.8, 4) is 0 Å². The van der Waals surface area contributed by atoms with Crippen LogP contribution in [0.15, 0.2) is 48.5 Å². The first-order valence-electron chi connectivity index (χ1n) is 7.59. The molecule has 0 fully saturated rings. The largest absolute Gasteiger partial charge is 0.378 e. The lowest BCUT2D eigenvalue weighted by atomic mass is 9.85. The second-order valence-corrected chi connectivity index (χ2v) is 6.88. The van der Waals surface area contributed by atoms with Crippen molar-refractivity contribution >= 4 is 11.4 Å². The van der Waals surface area contributed by atoms with Gasteiger partial charge in [0.2, 0.25) is 0 Å². The SMILES string of the molecule is CN(C)c1ccc(NC2c3ccccc3CC2(C)C)cc1. The Kier molecular flexibility index (Phi) is 3.40. The van der Waals surface area contributed by atoms with E-state index in [9.17, 15) is 0 Å². The average Bonchev–Trinajstić information content (AvgIpc) is 2.70. The molecule has 1 unspecified atom stereocenters. The summed E-state index contributed by atoms with van der Waals surface area (Å²) >= 11 is 0. The van der Waals surface area contributed by atoms with Crippen molar-refractivity contribution in [2.24, 2.45) is 5.41 Å². The minimum atomic E-state index is 0.240. The van der Waals surface area contributed by atoms with Crippen molar-refractivity contribution in [1.29, 1.82) is 0 Å². The van der Waals surface area contributed by atoms with Gasteiger partial charge < -0.3 is 10.2 Å². The molecule has 0 spiro atoms. The molecule has 1 N–H and O–H groups in total. The predicted octanol–water partition coefficient (Wildman–Crippen LogP) is 4.49. The molecule has 2 aromatic rings. The van der Waals surface area contributed by atoms with Crippen LogP contribution in [0.25, 0.3) is 0 Å². The zero-order chi connectivity index (χ0) is 15.0. The highest BCUT2D eigenvalue weighted by Gasteiger charge is 2.38. The second-order valence-electron chi connectivity index (χ2n) is 6.88. The topological polar surface area (TPSA) is 15.3 Å². The number of fused-ring (bicyclic) bond motifs is 1. The highest BCUT2D eigenvalue weighted by atomic mass is 15.1. The summed E-state index contributed by atoms with van der Waals surface area (Å²) in [5.41, 5.74) is 5.58. The van der Waals surface area contributed by atoms with Gasteiger partial charge in [-0.2, -0.15) is 0 Å². The minimum absolute atomic E-state index is 0.240. The summed E-state index contributed by atoms with van der Waals surface area (Å²) < 4.78 is 0. The second kappa shape index (κ2) is 5.10. The average molecular weight is 280 g/mol. The molecule has 0 aliphatic heterocycles. The molecule has 2 heteroatoms. The molecule has 1 aliphatic rings. The molecule has 1 aliphatic carbocycles. The quantitative estimate of drug-likeness (QED) is 0.891. The van der Waals surface area contributed by atoms with E-state index in [1.54, 1.807) is 0 Å².